The van der Waals surface area contributed by atoms with Gasteiger partial charge in [-0.15, -0.1) is 0 Å². The van der Waals surface area contributed by atoms with Crippen molar-refractivity contribution in [3.05, 3.63) is 36.1 Å². The van der Waals surface area contributed by atoms with Crippen LogP contribution in [0, 0.1) is 5.92 Å². The van der Waals surface area contributed by atoms with E-state index in [9.17, 15) is 0 Å². The molecular weight excluding hydrogens is 198 g/mol. The van der Waals surface area contributed by atoms with Gasteiger partial charge in [0.2, 0.25) is 0 Å². The lowest BCUT2D eigenvalue weighted by Crippen LogP contribution is -2.21. The second-order valence-electron chi connectivity index (χ2n) is 4.88. The van der Waals surface area contributed by atoms with Crippen LogP contribution >= 0.6 is 0 Å². The Balaban J connectivity index is 1.95. The molecule has 0 amide bonds. The average Bonchev–Trinajstić information content (AvgIpc) is 2.78. The molecule has 0 saturated heterocycles. The predicted octanol–water partition coefficient (Wildman–Crippen LogP) is 3.41. The molecule has 0 radical (unpaired) electrons. The van der Waals surface area contributed by atoms with E-state index in [1.807, 2.05) is 18.2 Å². The molecule has 1 heterocycles. The van der Waals surface area contributed by atoms with Crippen molar-refractivity contribution in [2.45, 2.75) is 31.7 Å². The van der Waals surface area contributed by atoms with Crippen LogP contribution in [-0.2, 0) is 5.54 Å². The average molecular weight is 215 g/mol. The first-order valence-electron chi connectivity index (χ1n) is 6.02. The molecule has 2 nitrogen and oxygen atoms in total. The second-order valence-corrected chi connectivity index (χ2v) is 4.88. The Morgan fingerprint density at radius 3 is 3.00 bits per heavy atom. The molecule has 1 saturated carbocycles. The molecule has 16 heavy (non-hydrogen) atoms. The van der Waals surface area contributed by atoms with E-state index in [0.717, 1.165) is 23.2 Å². The van der Waals surface area contributed by atoms with Gasteiger partial charge in [-0.05, 0) is 30.9 Å². The second kappa shape index (κ2) is 3.36. The molecule has 2 heteroatoms. The highest BCUT2D eigenvalue weighted by molar-refractivity contribution is 5.78. The number of hydrogen-bond donors (Lipinski definition) is 1. The van der Waals surface area contributed by atoms with Gasteiger partial charge in [0.25, 0.3) is 0 Å². The van der Waals surface area contributed by atoms with E-state index in [-0.39, 0.29) is 5.54 Å². The van der Waals surface area contributed by atoms with Crippen LogP contribution in [0.5, 0.6) is 0 Å². The van der Waals surface area contributed by atoms with Crippen LogP contribution in [0.2, 0.25) is 0 Å². The molecule has 3 rings (SSSR count). The fraction of sp³-hybridized carbons (Fsp3) is 0.429. The highest BCUT2D eigenvalue weighted by atomic mass is 16.3. The zero-order valence-corrected chi connectivity index (χ0v) is 9.57. The van der Waals surface area contributed by atoms with E-state index in [1.165, 1.54) is 12.8 Å². The lowest BCUT2D eigenvalue weighted by Gasteiger charge is -2.06. The third kappa shape index (κ3) is 1.37. The highest BCUT2D eigenvalue weighted by Crippen LogP contribution is 2.53. The first-order chi connectivity index (χ1) is 7.74. The van der Waals surface area contributed by atoms with E-state index < -0.39 is 0 Å². The van der Waals surface area contributed by atoms with Crippen molar-refractivity contribution in [3.63, 3.8) is 0 Å². The number of fused-ring (bicyclic) bond motifs is 1. The molecule has 2 atom stereocenters. The molecular formula is C14H17NO. The third-order valence-electron chi connectivity index (χ3n) is 3.67. The van der Waals surface area contributed by atoms with Crippen LogP contribution in [0.25, 0.3) is 11.0 Å². The Bertz CT molecular complexity index is 483. The van der Waals surface area contributed by atoms with Crippen LogP contribution in [0.1, 0.15) is 31.9 Å². The Morgan fingerprint density at radius 2 is 2.25 bits per heavy atom. The van der Waals surface area contributed by atoms with Crippen molar-refractivity contribution in [1.82, 2.24) is 0 Å². The molecule has 84 valence electrons. The molecule has 0 bridgehead atoms. The number of hydrogen-bond acceptors (Lipinski definition) is 2. The Morgan fingerprint density at radius 1 is 1.44 bits per heavy atom. The lowest BCUT2D eigenvalue weighted by atomic mass is 10.1. The third-order valence-corrected chi connectivity index (χ3v) is 3.67. The number of rotatable bonds is 3. The standard InChI is InChI=1S/C14H17NO/c1-2-5-11-9-14(11,15)13-8-10-6-3-4-7-12(10)16-13/h3-4,6-8,11H,2,5,9,15H2,1H3. The zero-order valence-electron chi connectivity index (χ0n) is 9.57. The first kappa shape index (κ1) is 9.91. The van der Waals surface area contributed by atoms with Gasteiger partial charge in [-0.2, -0.15) is 0 Å². The summed E-state index contributed by atoms with van der Waals surface area (Å²) in [4.78, 5) is 0. The zero-order chi connectivity index (χ0) is 11.2. The van der Waals surface area contributed by atoms with Gasteiger partial charge in [-0.3, -0.25) is 0 Å². The van der Waals surface area contributed by atoms with E-state index in [4.69, 9.17) is 10.2 Å². The van der Waals surface area contributed by atoms with Gasteiger partial charge in [0.1, 0.15) is 11.3 Å². The Kier molecular flexibility index (Phi) is 2.08. The van der Waals surface area contributed by atoms with Crippen molar-refractivity contribution < 1.29 is 4.42 Å². The summed E-state index contributed by atoms with van der Waals surface area (Å²) in [6.07, 6.45) is 3.47. The monoisotopic (exact) mass is 215 g/mol. The van der Waals surface area contributed by atoms with E-state index in [1.54, 1.807) is 0 Å². The van der Waals surface area contributed by atoms with Gasteiger partial charge in [0.05, 0.1) is 5.54 Å². The summed E-state index contributed by atoms with van der Waals surface area (Å²) in [7, 11) is 0. The van der Waals surface area contributed by atoms with E-state index >= 15 is 0 Å². The summed E-state index contributed by atoms with van der Waals surface area (Å²) in [5, 5.41) is 1.16. The Labute approximate surface area is 95.4 Å². The molecule has 2 aromatic rings. The molecule has 0 aliphatic heterocycles. The molecule has 1 fully saturated rings. The fourth-order valence-electron chi connectivity index (χ4n) is 2.57. The van der Waals surface area contributed by atoms with Gasteiger partial charge < -0.3 is 10.2 Å². The fourth-order valence-corrected chi connectivity index (χ4v) is 2.57. The molecule has 0 spiro atoms. The molecule has 1 aliphatic rings. The van der Waals surface area contributed by atoms with Gasteiger partial charge in [0.15, 0.2) is 0 Å². The topological polar surface area (TPSA) is 39.2 Å². The van der Waals surface area contributed by atoms with Crippen LogP contribution in [0.3, 0.4) is 0 Å². The maximum absolute atomic E-state index is 6.37. The normalized spacial score (nSPS) is 28.5. The highest BCUT2D eigenvalue weighted by Gasteiger charge is 2.53. The van der Waals surface area contributed by atoms with Crippen molar-refractivity contribution in [1.29, 1.82) is 0 Å². The smallest absolute Gasteiger partial charge is 0.134 e. The van der Waals surface area contributed by atoms with Crippen LogP contribution < -0.4 is 5.73 Å². The minimum absolute atomic E-state index is 0.185. The van der Waals surface area contributed by atoms with Crippen LogP contribution in [-0.4, -0.2) is 0 Å². The summed E-state index contributed by atoms with van der Waals surface area (Å²) >= 11 is 0. The summed E-state index contributed by atoms with van der Waals surface area (Å²) in [6.45, 7) is 2.21. The first-order valence-corrected chi connectivity index (χ1v) is 6.02. The number of para-hydroxylation sites is 1. The van der Waals surface area contributed by atoms with Crippen molar-refractivity contribution >= 4 is 11.0 Å². The minimum Gasteiger partial charge on any atom is -0.459 e. The summed E-state index contributed by atoms with van der Waals surface area (Å²) in [5.41, 5.74) is 7.13. The largest absolute Gasteiger partial charge is 0.459 e. The van der Waals surface area contributed by atoms with Gasteiger partial charge in [-0.1, -0.05) is 31.5 Å². The van der Waals surface area contributed by atoms with Gasteiger partial charge >= 0.3 is 0 Å². The number of nitrogens with two attached hydrogens (primary N) is 1. The molecule has 1 aliphatic carbocycles. The van der Waals surface area contributed by atoms with E-state index in [2.05, 4.69) is 19.1 Å². The van der Waals surface area contributed by atoms with Gasteiger partial charge in [-0.25, -0.2) is 0 Å². The van der Waals surface area contributed by atoms with E-state index in [0.29, 0.717) is 5.92 Å². The molecule has 2 unspecified atom stereocenters. The predicted molar refractivity (Wildman–Crippen MR) is 65.1 cm³/mol. The molecule has 1 aromatic heterocycles. The maximum atomic E-state index is 6.37. The Hall–Kier alpha value is -1.28. The summed E-state index contributed by atoms with van der Waals surface area (Å²) < 4.78 is 5.85. The van der Waals surface area contributed by atoms with Crippen molar-refractivity contribution in [2.24, 2.45) is 11.7 Å². The molecule has 2 N–H and O–H groups in total. The van der Waals surface area contributed by atoms with Gasteiger partial charge in [0, 0.05) is 5.39 Å². The quantitative estimate of drug-likeness (QED) is 0.852. The van der Waals surface area contributed by atoms with Crippen molar-refractivity contribution in [3.8, 4) is 0 Å². The lowest BCUT2D eigenvalue weighted by molar-refractivity contribution is 0.452. The minimum atomic E-state index is -0.185. The summed E-state index contributed by atoms with van der Waals surface area (Å²) in [5.74, 6) is 1.57. The van der Waals surface area contributed by atoms with Crippen molar-refractivity contribution in [2.75, 3.05) is 0 Å². The van der Waals surface area contributed by atoms with Crippen LogP contribution in [0.15, 0.2) is 34.7 Å². The molecule has 1 aromatic carbocycles. The number of benzene rings is 1. The SMILES string of the molecule is CCCC1CC1(N)c1cc2ccccc2o1. The number of furan rings is 1. The summed E-state index contributed by atoms with van der Waals surface area (Å²) in [6, 6.07) is 10.2. The van der Waals surface area contributed by atoms with Crippen LogP contribution in [0.4, 0.5) is 0 Å². The maximum Gasteiger partial charge on any atom is 0.134 e.